The second-order valence-corrected chi connectivity index (χ2v) is 7.00. The van der Waals surface area contributed by atoms with Crippen molar-refractivity contribution in [2.24, 2.45) is 5.92 Å². The van der Waals surface area contributed by atoms with Crippen molar-refractivity contribution in [3.8, 4) is 0 Å². The van der Waals surface area contributed by atoms with E-state index in [2.05, 4.69) is 13.8 Å². The molecule has 4 heteroatoms. The summed E-state index contributed by atoms with van der Waals surface area (Å²) in [7, 11) is 0. The molecule has 0 radical (unpaired) electrons. The average molecular weight is 341 g/mol. The Hall–Kier alpha value is -1.32. The summed E-state index contributed by atoms with van der Waals surface area (Å²) in [5.74, 6) is -0.181. The molecule has 0 unspecified atom stereocenters. The van der Waals surface area contributed by atoms with Gasteiger partial charge in [0.15, 0.2) is 0 Å². The van der Waals surface area contributed by atoms with Crippen LogP contribution in [0.5, 0.6) is 0 Å². The molecule has 140 valence electrons. The molecule has 0 atom stereocenters. The van der Waals surface area contributed by atoms with E-state index in [4.69, 9.17) is 9.47 Å². The fraction of sp³-hybridized carbons (Fsp3) is 0.800. The van der Waals surface area contributed by atoms with Crippen molar-refractivity contribution in [2.75, 3.05) is 6.61 Å². The predicted molar refractivity (Wildman–Crippen MR) is 97.7 cm³/mol. The van der Waals surface area contributed by atoms with Crippen molar-refractivity contribution in [3.05, 3.63) is 12.2 Å². The van der Waals surface area contributed by atoms with Gasteiger partial charge in [-0.05, 0) is 26.2 Å². The molecule has 0 saturated heterocycles. The Balaban J connectivity index is 3.39. The lowest BCUT2D eigenvalue weighted by Crippen LogP contribution is -2.09. The molecule has 0 saturated carbocycles. The summed E-state index contributed by atoms with van der Waals surface area (Å²) in [4.78, 5) is 22.6. The van der Waals surface area contributed by atoms with Gasteiger partial charge in [-0.15, -0.1) is 0 Å². The molecule has 0 aromatic heterocycles. The summed E-state index contributed by atoms with van der Waals surface area (Å²) < 4.78 is 9.93. The zero-order valence-electron chi connectivity index (χ0n) is 16.0. The third-order valence-corrected chi connectivity index (χ3v) is 3.63. The number of hydrogen-bond acceptors (Lipinski definition) is 4. The number of unbranched alkanes of at least 4 members (excludes halogenated alkanes) is 7. The summed E-state index contributed by atoms with van der Waals surface area (Å²) in [5, 5.41) is 0. The summed E-state index contributed by atoms with van der Waals surface area (Å²) in [5.41, 5.74) is 0. The zero-order valence-corrected chi connectivity index (χ0v) is 16.0. The molecule has 0 aliphatic carbocycles. The van der Waals surface area contributed by atoms with Crippen molar-refractivity contribution in [2.45, 2.75) is 91.6 Å². The largest absolute Gasteiger partial charge is 0.463 e. The van der Waals surface area contributed by atoms with Crippen LogP contribution < -0.4 is 0 Å². The fourth-order valence-corrected chi connectivity index (χ4v) is 2.34. The van der Waals surface area contributed by atoms with Gasteiger partial charge in [0.25, 0.3) is 0 Å². The minimum Gasteiger partial charge on any atom is -0.463 e. The third-order valence-electron chi connectivity index (χ3n) is 3.63. The highest BCUT2D eigenvalue weighted by Crippen LogP contribution is 2.12. The van der Waals surface area contributed by atoms with Crippen LogP contribution in [0.2, 0.25) is 0 Å². The number of hydrogen-bond donors (Lipinski definition) is 0. The summed E-state index contributed by atoms with van der Waals surface area (Å²) in [6.45, 7) is 8.49. The first-order chi connectivity index (χ1) is 11.4. The topological polar surface area (TPSA) is 52.6 Å². The van der Waals surface area contributed by atoms with Crippen molar-refractivity contribution in [3.63, 3.8) is 0 Å². The molecule has 0 N–H and O–H groups in total. The van der Waals surface area contributed by atoms with E-state index in [-0.39, 0.29) is 6.10 Å². The van der Waals surface area contributed by atoms with Gasteiger partial charge in [0.2, 0.25) is 0 Å². The van der Waals surface area contributed by atoms with E-state index in [9.17, 15) is 9.59 Å². The highest BCUT2D eigenvalue weighted by Gasteiger charge is 2.03. The molecular weight excluding hydrogens is 304 g/mol. The number of esters is 2. The second-order valence-electron chi connectivity index (χ2n) is 7.00. The molecule has 0 amide bonds. The lowest BCUT2D eigenvalue weighted by atomic mass is 10.0. The number of rotatable bonds is 14. The smallest absolute Gasteiger partial charge is 0.331 e. The maximum atomic E-state index is 11.4. The van der Waals surface area contributed by atoms with Gasteiger partial charge < -0.3 is 9.47 Å². The van der Waals surface area contributed by atoms with E-state index in [1.807, 2.05) is 0 Å². The Bertz CT molecular complexity index is 359. The average Bonchev–Trinajstić information content (AvgIpc) is 2.49. The predicted octanol–water partition coefficient (Wildman–Crippen LogP) is 5.20. The first-order valence-corrected chi connectivity index (χ1v) is 9.47. The standard InChI is InChI=1S/C20H36O4/c1-17(2)13-11-9-7-5-6-8-10-12-16-23-19(21)14-15-20(22)24-18(3)4/h14-15,17-18H,5-13,16H2,1-4H3/b15-14-. The van der Waals surface area contributed by atoms with Gasteiger partial charge in [0.05, 0.1) is 12.7 Å². The Morgan fingerprint density at radius 3 is 1.79 bits per heavy atom. The van der Waals surface area contributed by atoms with Gasteiger partial charge in [0.1, 0.15) is 0 Å². The van der Waals surface area contributed by atoms with Crippen LogP contribution in [-0.2, 0) is 19.1 Å². The lowest BCUT2D eigenvalue weighted by molar-refractivity contribution is -0.142. The zero-order chi connectivity index (χ0) is 18.2. The van der Waals surface area contributed by atoms with E-state index in [1.165, 1.54) is 44.9 Å². The Morgan fingerprint density at radius 2 is 1.25 bits per heavy atom. The quantitative estimate of drug-likeness (QED) is 0.248. The molecule has 4 nitrogen and oxygen atoms in total. The molecule has 0 aromatic carbocycles. The van der Waals surface area contributed by atoms with Crippen molar-refractivity contribution >= 4 is 11.9 Å². The lowest BCUT2D eigenvalue weighted by Gasteiger charge is -2.05. The van der Waals surface area contributed by atoms with E-state index in [0.717, 1.165) is 30.9 Å². The molecule has 0 rings (SSSR count). The first-order valence-electron chi connectivity index (χ1n) is 9.47. The number of carbonyl (C=O) groups is 2. The maximum absolute atomic E-state index is 11.4. The van der Waals surface area contributed by atoms with Crippen LogP contribution in [0, 0.1) is 5.92 Å². The molecule has 0 spiro atoms. The normalized spacial score (nSPS) is 11.4. The summed E-state index contributed by atoms with van der Waals surface area (Å²) >= 11 is 0. The Kier molecular flexibility index (Phi) is 14.4. The van der Waals surface area contributed by atoms with Gasteiger partial charge in [-0.25, -0.2) is 9.59 Å². The van der Waals surface area contributed by atoms with Crippen LogP contribution in [0.3, 0.4) is 0 Å². The summed E-state index contributed by atoms with van der Waals surface area (Å²) in [6, 6.07) is 0. The van der Waals surface area contributed by atoms with Gasteiger partial charge in [-0.3, -0.25) is 0 Å². The van der Waals surface area contributed by atoms with E-state index < -0.39 is 11.9 Å². The first kappa shape index (κ1) is 22.7. The van der Waals surface area contributed by atoms with Crippen LogP contribution in [0.1, 0.15) is 85.5 Å². The highest BCUT2D eigenvalue weighted by atomic mass is 16.5. The van der Waals surface area contributed by atoms with Crippen molar-refractivity contribution in [1.29, 1.82) is 0 Å². The third kappa shape index (κ3) is 17.0. The Labute approximate surface area is 148 Å². The second kappa shape index (κ2) is 15.2. The Morgan fingerprint density at radius 1 is 0.750 bits per heavy atom. The molecule has 0 aliphatic rings. The number of carbonyl (C=O) groups excluding carboxylic acids is 2. The molecule has 0 heterocycles. The fourth-order valence-electron chi connectivity index (χ4n) is 2.34. The van der Waals surface area contributed by atoms with E-state index in [0.29, 0.717) is 6.61 Å². The van der Waals surface area contributed by atoms with Crippen LogP contribution in [0.25, 0.3) is 0 Å². The molecule has 0 fully saturated rings. The minimum atomic E-state index is -0.518. The molecule has 24 heavy (non-hydrogen) atoms. The SMILES string of the molecule is CC(C)CCCCCCCCCCOC(=O)/C=C\C(=O)OC(C)C. The van der Waals surface area contributed by atoms with Crippen molar-refractivity contribution < 1.29 is 19.1 Å². The molecule has 0 aliphatic heterocycles. The highest BCUT2D eigenvalue weighted by molar-refractivity contribution is 5.91. The van der Waals surface area contributed by atoms with Crippen LogP contribution >= 0.6 is 0 Å². The van der Waals surface area contributed by atoms with Gasteiger partial charge in [-0.1, -0.05) is 65.2 Å². The maximum Gasteiger partial charge on any atom is 0.331 e. The van der Waals surface area contributed by atoms with Crippen molar-refractivity contribution in [1.82, 2.24) is 0 Å². The monoisotopic (exact) mass is 340 g/mol. The van der Waals surface area contributed by atoms with Gasteiger partial charge >= 0.3 is 11.9 Å². The molecule has 0 aromatic rings. The molecule has 0 bridgehead atoms. The van der Waals surface area contributed by atoms with Crippen LogP contribution in [-0.4, -0.2) is 24.6 Å². The van der Waals surface area contributed by atoms with Gasteiger partial charge in [0, 0.05) is 12.2 Å². The number of ether oxygens (including phenoxy) is 2. The van der Waals surface area contributed by atoms with Crippen LogP contribution in [0.15, 0.2) is 12.2 Å². The minimum absolute atomic E-state index is 0.187. The van der Waals surface area contributed by atoms with E-state index in [1.54, 1.807) is 13.8 Å². The molecular formula is C20H36O4. The van der Waals surface area contributed by atoms with Gasteiger partial charge in [-0.2, -0.15) is 0 Å². The van der Waals surface area contributed by atoms with E-state index >= 15 is 0 Å². The summed E-state index contributed by atoms with van der Waals surface area (Å²) in [6.07, 6.45) is 13.1. The van der Waals surface area contributed by atoms with Crippen LogP contribution in [0.4, 0.5) is 0 Å².